The molecular formula is C41H30N2. The molecule has 0 bridgehead atoms. The van der Waals surface area contributed by atoms with Gasteiger partial charge in [0.25, 0.3) is 0 Å². The number of benzene rings is 6. The standard InChI is InChI=1S/C41H30N2/c1-3-31-25-37(36-24-23-30-18-17-26(2)42-40(30)41(36)43-31)27-19-21-29(22-20-27)39-34-15-9-7-13-32(34)38(28-11-5-4-6-12-28)33-14-8-10-16-35(33)39/h4-25H,3H2,1-2H3. The minimum absolute atomic E-state index is 0.870. The smallest absolute Gasteiger partial charge is 0.0974 e. The van der Waals surface area contributed by atoms with E-state index in [2.05, 4.69) is 140 Å². The molecule has 2 heterocycles. The summed E-state index contributed by atoms with van der Waals surface area (Å²) in [5.41, 5.74) is 11.5. The van der Waals surface area contributed by atoms with Gasteiger partial charge in [-0.25, -0.2) is 0 Å². The lowest BCUT2D eigenvalue weighted by Gasteiger charge is -2.18. The largest absolute Gasteiger partial charge is 0.251 e. The Bertz CT molecular complexity index is 2260. The number of hydrogen-bond acceptors (Lipinski definition) is 2. The number of fused-ring (bicyclic) bond motifs is 5. The van der Waals surface area contributed by atoms with Gasteiger partial charge in [0, 0.05) is 22.2 Å². The third kappa shape index (κ3) is 4.18. The van der Waals surface area contributed by atoms with E-state index in [4.69, 9.17) is 9.97 Å². The van der Waals surface area contributed by atoms with E-state index in [9.17, 15) is 0 Å². The molecule has 0 amide bonds. The maximum absolute atomic E-state index is 5.05. The first-order chi connectivity index (χ1) is 21.2. The lowest BCUT2D eigenvalue weighted by molar-refractivity contribution is 1.06. The van der Waals surface area contributed by atoms with Crippen LogP contribution in [-0.4, -0.2) is 9.97 Å². The Morgan fingerprint density at radius 2 is 1.00 bits per heavy atom. The zero-order valence-corrected chi connectivity index (χ0v) is 24.3. The van der Waals surface area contributed by atoms with E-state index >= 15 is 0 Å². The van der Waals surface area contributed by atoms with Gasteiger partial charge in [-0.05, 0) is 80.4 Å². The van der Waals surface area contributed by atoms with E-state index in [0.717, 1.165) is 39.6 Å². The molecule has 0 spiro atoms. The van der Waals surface area contributed by atoms with Crippen LogP contribution in [0.4, 0.5) is 0 Å². The molecule has 0 radical (unpaired) electrons. The third-order valence-electron chi connectivity index (χ3n) is 8.67. The van der Waals surface area contributed by atoms with Gasteiger partial charge in [0.15, 0.2) is 0 Å². The maximum atomic E-state index is 5.05. The van der Waals surface area contributed by atoms with Crippen LogP contribution in [0.15, 0.2) is 133 Å². The van der Waals surface area contributed by atoms with Crippen molar-refractivity contribution >= 4 is 43.4 Å². The topological polar surface area (TPSA) is 25.8 Å². The fourth-order valence-corrected chi connectivity index (χ4v) is 6.61. The van der Waals surface area contributed by atoms with Crippen LogP contribution in [0.1, 0.15) is 18.3 Å². The number of rotatable bonds is 4. The zero-order chi connectivity index (χ0) is 28.9. The molecule has 0 unspecified atom stereocenters. The molecule has 0 aliphatic rings. The maximum Gasteiger partial charge on any atom is 0.0974 e. The van der Waals surface area contributed by atoms with E-state index in [1.807, 2.05) is 6.92 Å². The molecule has 0 saturated carbocycles. The molecule has 43 heavy (non-hydrogen) atoms. The highest BCUT2D eigenvalue weighted by molar-refractivity contribution is 6.21. The summed E-state index contributed by atoms with van der Waals surface area (Å²) in [6, 6.07) is 48.4. The summed E-state index contributed by atoms with van der Waals surface area (Å²) in [4.78, 5) is 9.95. The number of aryl methyl sites for hydroxylation is 2. The van der Waals surface area contributed by atoms with Crippen molar-refractivity contribution in [2.75, 3.05) is 0 Å². The average molecular weight is 551 g/mol. The van der Waals surface area contributed by atoms with Crippen molar-refractivity contribution in [2.45, 2.75) is 20.3 Å². The van der Waals surface area contributed by atoms with E-state index in [1.165, 1.54) is 54.9 Å². The van der Waals surface area contributed by atoms with Crippen molar-refractivity contribution in [1.82, 2.24) is 9.97 Å². The molecule has 0 atom stereocenters. The number of aromatic nitrogens is 2. The average Bonchev–Trinajstić information content (AvgIpc) is 3.07. The lowest BCUT2D eigenvalue weighted by Crippen LogP contribution is -1.95. The van der Waals surface area contributed by atoms with Crippen LogP contribution < -0.4 is 0 Å². The Hall–Kier alpha value is -5.34. The Kier molecular flexibility index (Phi) is 6.01. The van der Waals surface area contributed by atoms with Gasteiger partial charge in [0.2, 0.25) is 0 Å². The van der Waals surface area contributed by atoms with Crippen LogP contribution in [-0.2, 0) is 6.42 Å². The van der Waals surface area contributed by atoms with Crippen LogP contribution in [0.5, 0.6) is 0 Å². The normalized spacial score (nSPS) is 11.6. The van der Waals surface area contributed by atoms with Crippen LogP contribution in [0.2, 0.25) is 0 Å². The number of pyridine rings is 2. The van der Waals surface area contributed by atoms with Crippen molar-refractivity contribution in [1.29, 1.82) is 0 Å². The summed E-state index contributed by atoms with van der Waals surface area (Å²) in [6.45, 7) is 4.21. The van der Waals surface area contributed by atoms with Crippen molar-refractivity contribution in [2.24, 2.45) is 0 Å². The molecule has 204 valence electrons. The Labute approximate surface area is 251 Å². The van der Waals surface area contributed by atoms with E-state index in [1.54, 1.807) is 0 Å². The minimum Gasteiger partial charge on any atom is -0.251 e. The van der Waals surface area contributed by atoms with Crippen LogP contribution >= 0.6 is 0 Å². The van der Waals surface area contributed by atoms with E-state index in [-0.39, 0.29) is 0 Å². The molecule has 0 fully saturated rings. The highest BCUT2D eigenvalue weighted by Gasteiger charge is 2.17. The van der Waals surface area contributed by atoms with Gasteiger partial charge >= 0.3 is 0 Å². The SMILES string of the molecule is CCc1cc(-c2ccc(-c3c4ccccc4c(-c4ccccc4)c4ccccc34)cc2)c2ccc3ccc(C)nc3c2n1. The molecule has 0 saturated heterocycles. The zero-order valence-electron chi connectivity index (χ0n) is 24.3. The Morgan fingerprint density at radius 3 is 1.60 bits per heavy atom. The van der Waals surface area contributed by atoms with E-state index < -0.39 is 0 Å². The van der Waals surface area contributed by atoms with Gasteiger partial charge in [-0.3, -0.25) is 9.97 Å². The van der Waals surface area contributed by atoms with Gasteiger partial charge in [0.05, 0.1) is 11.0 Å². The lowest BCUT2D eigenvalue weighted by atomic mass is 9.85. The molecule has 0 aliphatic carbocycles. The van der Waals surface area contributed by atoms with Gasteiger partial charge in [-0.15, -0.1) is 0 Å². The number of nitrogens with zero attached hydrogens (tertiary/aromatic N) is 2. The van der Waals surface area contributed by atoms with Crippen molar-refractivity contribution in [3.8, 4) is 33.4 Å². The molecule has 0 N–H and O–H groups in total. The van der Waals surface area contributed by atoms with Gasteiger partial charge in [0.1, 0.15) is 0 Å². The van der Waals surface area contributed by atoms with E-state index in [0.29, 0.717) is 0 Å². The van der Waals surface area contributed by atoms with Crippen molar-refractivity contribution in [3.05, 3.63) is 145 Å². The summed E-state index contributed by atoms with van der Waals surface area (Å²) in [6.07, 6.45) is 0.870. The molecule has 8 aromatic rings. The molecule has 2 aromatic heterocycles. The fraction of sp³-hybridized carbons (Fsp3) is 0.0732. The first-order valence-electron chi connectivity index (χ1n) is 15.0. The quantitative estimate of drug-likeness (QED) is 0.161. The van der Waals surface area contributed by atoms with Crippen LogP contribution in [0.25, 0.3) is 76.7 Å². The van der Waals surface area contributed by atoms with Gasteiger partial charge in [-0.1, -0.05) is 128 Å². The molecule has 2 nitrogen and oxygen atoms in total. The highest BCUT2D eigenvalue weighted by Crippen LogP contribution is 2.44. The Morgan fingerprint density at radius 1 is 0.465 bits per heavy atom. The molecule has 2 heteroatoms. The first-order valence-corrected chi connectivity index (χ1v) is 15.0. The second-order valence-electron chi connectivity index (χ2n) is 11.3. The second-order valence-corrected chi connectivity index (χ2v) is 11.3. The van der Waals surface area contributed by atoms with Crippen molar-refractivity contribution in [3.63, 3.8) is 0 Å². The summed E-state index contributed by atoms with van der Waals surface area (Å²) in [5, 5.41) is 7.34. The van der Waals surface area contributed by atoms with Gasteiger partial charge in [-0.2, -0.15) is 0 Å². The Balaban J connectivity index is 1.34. The fourth-order valence-electron chi connectivity index (χ4n) is 6.61. The van der Waals surface area contributed by atoms with Crippen LogP contribution in [0, 0.1) is 6.92 Å². The summed E-state index contributed by atoms with van der Waals surface area (Å²) in [7, 11) is 0. The molecule has 0 aliphatic heterocycles. The summed E-state index contributed by atoms with van der Waals surface area (Å²) >= 11 is 0. The third-order valence-corrected chi connectivity index (χ3v) is 8.67. The predicted octanol–water partition coefficient (Wildman–Crippen LogP) is 11.0. The first kappa shape index (κ1) is 25.4. The second kappa shape index (κ2) is 10.2. The minimum atomic E-state index is 0.870. The van der Waals surface area contributed by atoms with Crippen LogP contribution in [0.3, 0.4) is 0 Å². The molecular weight excluding hydrogens is 520 g/mol. The number of hydrogen-bond donors (Lipinski definition) is 0. The molecule has 8 rings (SSSR count). The van der Waals surface area contributed by atoms with Crippen molar-refractivity contribution < 1.29 is 0 Å². The van der Waals surface area contributed by atoms with Gasteiger partial charge < -0.3 is 0 Å². The monoisotopic (exact) mass is 550 g/mol. The predicted molar refractivity (Wildman–Crippen MR) is 182 cm³/mol. The molecule has 6 aromatic carbocycles. The summed E-state index contributed by atoms with van der Waals surface area (Å²) in [5.74, 6) is 0. The highest BCUT2D eigenvalue weighted by atomic mass is 14.8. The summed E-state index contributed by atoms with van der Waals surface area (Å²) < 4.78 is 0.